The summed E-state index contributed by atoms with van der Waals surface area (Å²) in [7, 11) is 0. The van der Waals surface area contributed by atoms with Crippen LogP contribution in [0.2, 0.25) is 0 Å². The summed E-state index contributed by atoms with van der Waals surface area (Å²) in [6.07, 6.45) is 4.98. The quantitative estimate of drug-likeness (QED) is 0.450. The summed E-state index contributed by atoms with van der Waals surface area (Å²) in [6, 6.07) is 17.0. The van der Waals surface area contributed by atoms with Crippen molar-refractivity contribution in [2.75, 3.05) is 10.6 Å². The molecule has 5 aromatic rings. The molecule has 0 unspecified atom stereocenters. The van der Waals surface area contributed by atoms with Crippen LogP contribution in [0.15, 0.2) is 79.3 Å². The molecule has 0 saturated carbocycles. The molecule has 3 heterocycles. The Labute approximate surface area is 176 Å². The van der Waals surface area contributed by atoms with Gasteiger partial charge >= 0.3 is 0 Å². The third kappa shape index (κ3) is 3.66. The molecule has 5 rings (SSSR count). The summed E-state index contributed by atoms with van der Waals surface area (Å²) in [6.45, 7) is 0.510. The lowest BCUT2D eigenvalue weighted by Gasteiger charge is -2.12. The van der Waals surface area contributed by atoms with Gasteiger partial charge in [0.25, 0.3) is 5.91 Å². The van der Waals surface area contributed by atoms with Crippen molar-refractivity contribution in [3.8, 4) is 0 Å². The number of hydrogen-bond donors (Lipinski definition) is 2. The van der Waals surface area contributed by atoms with E-state index in [1.54, 1.807) is 53.3 Å². The molecule has 0 aliphatic carbocycles. The normalized spacial score (nSPS) is 11.0. The van der Waals surface area contributed by atoms with E-state index in [4.69, 9.17) is 0 Å². The van der Waals surface area contributed by atoms with Gasteiger partial charge < -0.3 is 10.6 Å². The number of benzene rings is 2. The minimum Gasteiger partial charge on any atom is -0.363 e. The van der Waals surface area contributed by atoms with Gasteiger partial charge in [0.2, 0.25) is 0 Å². The molecular weight excluding hydrogens is 395 g/mol. The number of anilines is 2. The lowest BCUT2D eigenvalue weighted by molar-refractivity contribution is 0.102. The van der Waals surface area contributed by atoms with Crippen molar-refractivity contribution in [3.05, 3.63) is 96.2 Å². The average molecular weight is 412 g/mol. The maximum Gasteiger partial charge on any atom is 0.256 e. The highest BCUT2D eigenvalue weighted by atomic mass is 19.1. The molecule has 2 N–H and O–H groups in total. The van der Waals surface area contributed by atoms with Gasteiger partial charge in [-0.05, 0) is 42.0 Å². The molecule has 0 saturated heterocycles. The van der Waals surface area contributed by atoms with Gasteiger partial charge in [-0.1, -0.05) is 18.2 Å². The summed E-state index contributed by atoms with van der Waals surface area (Å²) < 4.78 is 15.7. The molecule has 0 spiro atoms. The largest absolute Gasteiger partial charge is 0.363 e. The molecule has 0 radical (unpaired) electrons. The summed E-state index contributed by atoms with van der Waals surface area (Å²) in [5, 5.41) is 6.15. The van der Waals surface area contributed by atoms with Crippen LogP contribution in [0.1, 0.15) is 15.9 Å². The maximum atomic E-state index is 14.0. The Morgan fingerprint density at radius 1 is 1.03 bits per heavy atom. The first-order valence-corrected chi connectivity index (χ1v) is 9.65. The summed E-state index contributed by atoms with van der Waals surface area (Å²) in [5.41, 5.74) is 3.09. The van der Waals surface area contributed by atoms with Gasteiger partial charge in [-0.25, -0.2) is 14.4 Å². The highest BCUT2D eigenvalue weighted by Gasteiger charge is 2.16. The molecule has 0 bridgehead atoms. The number of nitrogens with zero attached hydrogens (tertiary/aromatic N) is 4. The number of fused-ring (bicyclic) bond motifs is 3. The zero-order chi connectivity index (χ0) is 21.2. The Morgan fingerprint density at radius 2 is 1.84 bits per heavy atom. The van der Waals surface area contributed by atoms with Crippen LogP contribution in [-0.4, -0.2) is 25.3 Å². The molecule has 8 heteroatoms. The van der Waals surface area contributed by atoms with Crippen molar-refractivity contribution in [3.63, 3.8) is 0 Å². The van der Waals surface area contributed by atoms with Crippen LogP contribution in [0, 0.1) is 5.82 Å². The molecule has 2 aromatic carbocycles. The van der Waals surface area contributed by atoms with Crippen molar-refractivity contribution in [1.82, 2.24) is 19.4 Å². The van der Waals surface area contributed by atoms with Crippen LogP contribution in [0.25, 0.3) is 16.7 Å². The van der Waals surface area contributed by atoms with Crippen molar-refractivity contribution in [2.45, 2.75) is 6.54 Å². The molecule has 0 fully saturated rings. The van der Waals surface area contributed by atoms with Gasteiger partial charge in [-0.15, -0.1) is 0 Å². The van der Waals surface area contributed by atoms with Crippen molar-refractivity contribution in [1.29, 1.82) is 0 Å². The minimum absolute atomic E-state index is 0.282. The predicted octanol–water partition coefficient (Wildman–Crippen LogP) is 4.28. The molecule has 0 aliphatic heterocycles. The van der Waals surface area contributed by atoms with Crippen LogP contribution >= 0.6 is 0 Å². The first kappa shape index (κ1) is 18.7. The van der Waals surface area contributed by atoms with Gasteiger partial charge in [0, 0.05) is 30.6 Å². The van der Waals surface area contributed by atoms with Gasteiger partial charge in [0.05, 0.1) is 17.2 Å². The molecule has 152 valence electrons. The molecule has 3 aromatic heterocycles. The molecule has 7 nitrogen and oxygen atoms in total. The number of hydrogen-bond acceptors (Lipinski definition) is 5. The maximum absolute atomic E-state index is 14.0. The summed E-state index contributed by atoms with van der Waals surface area (Å²) in [5.74, 6) is 0.266. The van der Waals surface area contributed by atoms with E-state index in [2.05, 4.69) is 25.6 Å². The summed E-state index contributed by atoms with van der Waals surface area (Å²) in [4.78, 5) is 25.8. The number of carbonyl (C=O) groups excluding carboxylic acids is 1. The lowest BCUT2D eigenvalue weighted by Crippen LogP contribution is -2.14. The number of carbonyl (C=O) groups is 1. The molecular formula is C23H17FN6O. The minimum atomic E-state index is -0.401. The number of halogens is 1. The van der Waals surface area contributed by atoms with Gasteiger partial charge in [0.15, 0.2) is 11.5 Å². The smallest absolute Gasteiger partial charge is 0.256 e. The Bertz CT molecular complexity index is 1390. The van der Waals surface area contributed by atoms with E-state index in [0.29, 0.717) is 40.4 Å². The van der Waals surface area contributed by atoms with E-state index < -0.39 is 5.82 Å². The number of pyridine rings is 1. The number of imidazole rings is 1. The van der Waals surface area contributed by atoms with E-state index in [1.807, 2.05) is 18.2 Å². The number of amides is 1. The zero-order valence-electron chi connectivity index (χ0n) is 16.3. The first-order chi connectivity index (χ1) is 15.2. The molecule has 0 aliphatic rings. The SMILES string of the molecule is O=C(Nc1cnc2c(NCc3ccncc3)nc3ccc(F)cc3n12)c1ccccc1. The van der Waals surface area contributed by atoms with E-state index in [-0.39, 0.29) is 5.91 Å². The number of aromatic nitrogens is 4. The monoisotopic (exact) mass is 412 g/mol. The summed E-state index contributed by atoms with van der Waals surface area (Å²) >= 11 is 0. The second kappa shape index (κ2) is 7.83. The predicted molar refractivity (Wildman–Crippen MR) is 116 cm³/mol. The van der Waals surface area contributed by atoms with Gasteiger partial charge in [-0.2, -0.15) is 0 Å². The highest BCUT2D eigenvalue weighted by molar-refractivity contribution is 6.04. The number of rotatable bonds is 5. The van der Waals surface area contributed by atoms with Crippen molar-refractivity contribution < 1.29 is 9.18 Å². The Hall–Kier alpha value is -4.33. The Balaban J connectivity index is 1.59. The standard InChI is InChI=1S/C23H17FN6O/c24-17-6-7-18-19(12-17)30-20(29-23(31)16-4-2-1-3-5-16)14-27-22(30)21(28-18)26-13-15-8-10-25-11-9-15/h1-12,14H,13H2,(H,26,28)(H,29,31). The lowest BCUT2D eigenvalue weighted by atomic mass is 10.2. The van der Waals surface area contributed by atoms with Crippen LogP contribution in [0.4, 0.5) is 16.0 Å². The fourth-order valence-electron chi connectivity index (χ4n) is 3.37. The van der Waals surface area contributed by atoms with E-state index in [0.717, 1.165) is 5.56 Å². The van der Waals surface area contributed by atoms with E-state index >= 15 is 0 Å². The van der Waals surface area contributed by atoms with E-state index in [1.165, 1.54) is 12.1 Å². The Morgan fingerprint density at radius 3 is 2.65 bits per heavy atom. The van der Waals surface area contributed by atoms with Crippen LogP contribution < -0.4 is 10.6 Å². The van der Waals surface area contributed by atoms with Crippen molar-refractivity contribution in [2.24, 2.45) is 0 Å². The molecule has 0 atom stereocenters. The van der Waals surface area contributed by atoms with Crippen LogP contribution in [0.3, 0.4) is 0 Å². The first-order valence-electron chi connectivity index (χ1n) is 9.65. The fraction of sp³-hybridized carbons (Fsp3) is 0.0435. The third-order valence-corrected chi connectivity index (χ3v) is 4.87. The van der Waals surface area contributed by atoms with Crippen LogP contribution in [-0.2, 0) is 6.54 Å². The van der Waals surface area contributed by atoms with Gasteiger partial charge in [0.1, 0.15) is 11.6 Å². The second-order valence-electron chi connectivity index (χ2n) is 6.93. The molecule has 1 amide bonds. The Kier molecular flexibility index (Phi) is 4.72. The number of nitrogens with one attached hydrogen (secondary N) is 2. The fourth-order valence-corrected chi connectivity index (χ4v) is 3.37. The topological polar surface area (TPSA) is 84.2 Å². The van der Waals surface area contributed by atoms with Crippen molar-refractivity contribution >= 4 is 34.2 Å². The van der Waals surface area contributed by atoms with E-state index in [9.17, 15) is 9.18 Å². The zero-order valence-corrected chi connectivity index (χ0v) is 16.3. The average Bonchev–Trinajstić information content (AvgIpc) is 3.23. The molecule has 31 heavy (non-hydrogen) atoms. The highest BCUT2D eigenvalue weighted by Crippen LogP contribution is 2.26. The third-order valence-electron chi connectivity index (χ3n) is 4.87. The second-order valence-corrected chi connectivity index (χ2v) is 6.93. The van der Waals surface area contributed by atoms with Crippen LogP contribution in [0.5, 0.6) is 0 Å². The van der Waals surface area contributed by atoms with Gasteiger partial charge in [-0.3, -0.25) is 14.2 Å².